The first-order valence-electron chi connectivity index (χ1n) is 14.0. The molecular weight excluding hydrogens is 506 g/mol. The zero-order chi connectivity index (χ0) is 29.2. The van der Waals surface area contributed by atoms with Gasteiger partial charge in [0, 0.05) is 53.4 Å². The molecule has 3 aromatic heterocycles. The van der Waals surface area contributed by atoms with Gasteiger partial charge in [-0.2, -0.15) is 0 Å². The van der Waals surface area contributed by atoms with Crippen LogP contribution < -0.4 is 5.56 Å². The zero-order valence-corrected chi connectivity index (χ0v) is 25.7. The number of H-pyrrole nitrogens is 2. The Labute approximate surface area is 238 Å². The highest BCUT2D eigenvalue weighted by Crippen LogP contribution is 2.31. The molecule has 0 saturated heterocycles. The minimum atomic E-state index is -0.261. The maximum atomic E-state index is 12.1. The predicted octanol–water partition coefficient (Wildman–Crippen LogP) is 8.86. The van der Waals surface area contributed by atoms with Gasteiger partial charge >= 0.3 is 0 Å². The largest absolute Gasteiger partial charge is 0.381 e. The summed E-state index contributed by atoms with van der Waals surface area (Å²) in [6.07, 6.45) is 15.1. The highest BCUT2D eigenvalue weighted by Gasteiger charge is 2.15. The molecule has 214 valence electrons. The molecule has 0 unspecified atom stereocenters. The fraction of sp³-hybridized carbons (Fsp3) is 0.469. The number of ketones is 1. The van der Waals surface area contributed by atoms with Crippen molar-refractivity contribution in [2.75, 3.05) is 13.2 Å². The third-order valence-electron chi connectivity index (χ3n) is 6.02. The summed E-state index contributed by atoms with van der Waals surface area (Å²) in [5.41, 5.74) is 4.39. The quantitative estimate of drug-likeness (QED) is 0.133. The molecule has 0 aliphatic heterocycles. The maximum absolute atomic E-state index is 12.1. The van der Waals surface area contributed by atoms with E-state index < -0.39 is 0 Å². The van der Waals surface area contributed by atoms with Gasteiger partial charge in [-0.1, -0.05) is 78.7 Å². The van der Waals surface area contributed by atoms with Crippen LogP contribution in [0.2, 0.25) is 0 Å². The molecule has 3 aromatic rings. The van der Waals surface area contributed by atoms with E-state index in [1.54, 1.807) is 12.1 Å². The number of carbonyl (C=O) groups is 1. The van der Waals surface area contributed by atoms with Crippen molar-refractivity contribution in [3.05, 3.63) is 69.7 Å². The van der Waals surface area contributed by atoms with Crippen molar-refractivity contribution in [1.29, 1.82) is 0 Å². The Bertz CT molecular complexity index is 1220. The maximum Gasteiger partial charge on any atom is 0.258 e. The van der Waals surface area contributed by atoms with Crippen LogP contribution in [0.4, 0.5) is 0 Å². The van der Waals surface area contributed by atoms with Gasteiger partial charge in [-0.05, 0) is 38.7 Å². The number of ether oxygens (including phenoxy) is 1. The van der Waals surface area contributed by atoms with Gasteiger partial charge in [0.2, 0.25) is 0 Å². The van der Waals surface area contributed by atoms with E-state index >= 15 is 0 Å². The van der Waals surface area contributed by atoms with Gasteiger partial charge in [0.25, 0.3) is 5.56 Å². The van der Waals surface area contributed by atoms with Gasteiger partial charge in [0.15, 0.2) is 5.78 Å². The molecule has 0 saturated carbocycles. The summed E-state index contributed by atoms with van der Waals surface area (Å²) in [6, 6.07) is 1.59. The van der Waals surface area contributed by atoms with Crippen molar-refractivity contribution in [1.82, 2.24) is 15.0 Å². The second-order valence-corrected chi connectivity index (χ2v) is 10.2. The van der Waals surface area contributed by atoms with E-state index in [-0.39, 0.29) is 11.3 Å². The molecule has 0 radical (unpaired) electrons. The fourth-order valence-electron chi connectivity index (χ4n) is 3.69. The van der Waals surface area contributed by atoms with Crippen LogP contribution in [0, 0.1) is 12.8 Å². The predicted molar refractivity (Wildman–Crippen MR) is 168 cm³/mol. The van der Waals surface area contributed by atoms with E-state index in [1.807, 2.05) is 30.7 Å². The molecule has 0 aliphatic carbocycles. The number of nitrogens with one attached hydrogen (secondary N) is 2. The molecule has 3 rings (SSSR count). The normalized spacial score (nSPS) is 10.7. The second kappa shape index (κ2) is 19.1. The molecule has 0 bridgehead atoms. The van der Waals surface area contributed by atoms with Crippen LogP contribution in [0.15, 0.2) is 47.4 Å². The number of allylic oxidation sites excluding steroid dienone is 2. The lowest BCUT2D eigenvalue weighted by molar-refractivity contribution is 0.101. The number of Topliss-reactive ketones (excluding diaryl/α,β-unsaturated/α-hetero) is 1. The number of pyridine rings is 1. The molecule has 2 N–H and O–H groups in total. The number of aromatic amines is 2. The molecule has 0 spiro atoms. The summed E-state index contributed by atoms with van der Waals surface area (Å²) in [6.45, 7) is 19.9. The van der Waals surface area contributed by atoms with Gasteiger partial charge in [0.05, 0.1) is 11.3 Å². The fourth-order valence-corrected chi connectivity index (χ4v) is 4.52. The number of hydrogen-bond donors (Lipinski definition) is 2. The summed E-state index contributed by atoms with van der Waals surface area (Å²) in [5, 5.41) is 2.49. The smallest absolute Gasteiger partial charge is 0.258 e. The molecule has 7 heteroatoms. The van der Waals surface area contributed by atoms with Crippen LogP contribution >= 0.6 is 11.3 Å². The third-order valence-corrected chi connectivity index (χ3v) is 6.90. The van der Waals surface area contributed by atoms with E-state index in [0.29, 0.717) is 16.1 Å². The highest BCUT2D eigenvalue weighted by molar-refractivity contribution is 7.13. The summed E-state index contributed by atoms with van der Waals surface area (Å²) < 4.78 is 5.42. The lowest BCUT2D eigenvalue weighted by Crippen LogP contribution is -2.10. The first kappa shape index (κ1) is 34.0. The first-order chi connectivity index (χ1) is 18.8. The number of hydrogen-bond acceptors (Lipinski definition) is 5. The Morgan fingerprint density at radius 3 is 2.38 bits per heavy atom. The summed E-state index contributed by atoms with van der Waals surface area (Å²) >= 11 is 1.37. The SMILES string of the molecule is C=C/C=C\c1c(-c2csc(-c3cc(C(C)=O)c[nH]c3=O)n2)c[nH]c1C.CCC.CCCOCCC(CC)CC. The first-order valence-corrected chi connectivity index (χ1v) is 14.9. The number of aromatic nitrogens is 3. The molecule has 0 fully saturated rings. The van der Waals surface area contributed by atoms with E-state index in [1.165, 1.54) is 50.1 Å². The van der Waals surface area contributed by atoms with Gasteiger partial charge in [-0.15, -0.1) is 11.3 Å². The van der Waals surface area contributed by atoms with Crippen LogP contribution in [-0.2, 0) is 4.74 Å². The molecule has 0 aliphatic rings. The molecule has 6 nitrogen and oxygen atoms in total. The average Bonchev–Trinajstić information content (AvgIpc) is 3.55. The van der Waals surface area contributed by atoms with Gasteiger partial charge in [0.1, 0.15) is 5.01 Å². The second-order valence-electron chi connectivity index (χ2n) is 9.35. The van der Waals surface area contributed by atoms with Crippen LogP contribution in [0.1, 0.15) is 95.3 Å². The van der Waals surface area contributed by atoms with Crippen molar-refractivity contribution in [2.45, 2.75) is 80.6 Å². The lowest BCUT2D eigenvalue weighted by Gasteiger charge is -2.11. The molecule has 0 aromatic carbocycles. The minimum Gasteiger partial charge on any atom is -0.381 e. The average molecular weight is 554 g/mol. The van der Waals surface area contributed by atoms with Crippen LogP contribution in [-0.4, -0.2) is 33.9 Å². The van der Waals surface area contributed by atoms with E-state index in [4.69, 9.17) is 4.74 Å². The zero-order valence-electron chi connectivity index (χ0n) is 24.9. The van der Waals surface area contributed by atoms with Gasteiger partial charge in [-0.3, -0.25) is 9.59 Å². The monoisotopic (exact) mass is 553 g/mol. The van der Waals surface area contributed by atoms with Crippen molar-refractivity contribution in [3.8, 4) is 21.8 Å². The molecular formula is C32H47N3O3S. The number of carbonyl (C=O) groups excluding carboxylic acids is 1. The molecule has 0 atom stereocenters. The number of nitrogens with zero attached hydrogens (tertiary/aromatic N) is 1. The number of aryl methyl sites for hydroxylation is 1. The van der Waals surface area contributed by atoms with Crippen molar-refractivity contribution < 1.29 is 9.53 Å². The summed E-state index contributed by atoms with van der Waals surface area (Å²) in [4.78, 5) is 34.1. The molecule has 39 heavy (non-hydrogen) atoms. The molecule has 3 heterocycles. The van der Waals surface area contributed by atoms with E-state index in [9.17, 15) is 9.59 Å². The topological polar surface area (TPSA) is 87.8 Å². The lowest BCUT2D eigenvalue weighted by atomic mass is 10.0. The Kier molecular flexibility index (Phi) is 16.6. The summed E-state index contributed by atoms with van der Waals surface area (Å²) in [5.74, 6) is 0.777. The minimum absolute atomic E-state index is 0.104. The third kappa shape index (κ3) is 11.3. The van der Waals surface area contributed by atoms with Crippen molar-refractivity contribution in [3.63, 3.8) is 0 Å². The van der Waals surface area contributed by atoms with Crippen LogP contribution in [0.25, 0.3) is 27.9 Å². The van der Waals surface area contributed by atoms with E-state index in [2.05, 4.69) is 56.1 Å². The van der Waals surface area contributed by atoms with E-state index in [0.717, 1.165) is 48.1 Å². The number of rotatable bonds is 12. The Morgan fingerprint density at radius 2 is 1.79 bits per heavy atom. The van der Waals surface area contributed by atoms with Crippen LogP contribution in [0.5, 0.6) is 0 Å². The standard InChI is InChI=1S/C19H17N3O2S.C10H22O.C3H8/c1-4-5-6-14-11(2)20-9-16(14)17-10-25-19(22-17)15-7-13(12(3)23)8-21-18(15)24;1-4-8-11-9-7-10(5-2)6-3;1-3-2/h4-10,20H,1H2,2-3H3,(H,21,24);10H,4-9H2,1-3H3;3H2,1-2H3/b6-5-;;. The van der Waals surface area contributed by atoms with Crippen molar-refractivity contribution in [2.24, 2.45) is 5.92 Å². The van der Waals surface area contributed by atoms with Gasteiger partial charge < -0.3 is 14.7 Å². The van der Waals surface area contributed by atoms with Gasteiger partial charge in [-0.25, -0.2) is 4.98 Å². The Balaban J connectivity index is 0.000000457. The summed E-state index contributed by atoms with van der Waals surface area (Å²) in [7, 11) is 0. The Hall–Kier alpha value is -3.03. The Morgan fingerprint density at radius 1 is 1.10 bits per heavy atom. The highest BCUT2D eigenvalue weighted by atomic mass is 32.1. The van der Waals surface area contributed by atoms with Crippen molar-refractivity contribution >= 4 is 23.2 Å². The van der Waals surface area contributed by atoms with Crippen LogP contribution in [0.3, 0.4) is 0 Å². The number of thiazole rings is 1. The molecule has 0 amide bonds.